The van der Waals surface area contributed by atoms with Crippen LogP contribution in [0.5, 0.6) is 0 Å². The molecular weight excluding hydrogens is 180 g/mol. The molecule has 0 aliphatic rings. The standard InChI is InChI=1S/C10H16SSi/c1-10(2,3)12(11)9-7-5-4-6-8-9/h4-8,11-12H,1-3H3. The van der Waals surface area contributed by atoms with Crippen LogP contribution in [0.3, 0.4) is 0 Å². The van der Waals surface area contributed by atoms with Crippen molar-refractivity contribution in [3.63, 3.8) is 0 Å². The topological polar surface area (TPSA) is 0 Å². The summed E-state index contributed by atoms with van der Waals surface area (Å²) in [6, 6.07) is 10.6. The van der Waals surface area contributed by atoms with Crippen LogP contribution in [0.25, 0.3) is 0 Å². The van der Waals surface area contributed by atoms with Crippen molar-refractivity contribution in [3.05, 3.63) is 30.3 Å². The Hall–Kier alpha value is -0.213. The third-order valence-corrected chi connectivity index (χ3v) is 7.81. The minimum absolute atomic E-state index is 0.366. The zero-order chi connectivity index (χ0) is 9.19. The Kier molecular flexibility index (Phi) is 3.02. The van der Waals surface area contributed by atoms with Crippen LogP contribution in [0.2, 0.25) is 5.04 Å². The van der Waals surface area contributed by atoms with Crippen LogP contribution in [0.1, 0.15) is 20.8 Å². The van der Waals surface area contributed by atoms with E-state index in [9.17, 15) is 0 Å². The van der Waals surface area contributed by atoms with Gasteiger partial charge in [0.1, 0.15) is 7.95 Å². The maximum Gasteiger partial charge on any atom is 0.133 e. The molecule has 0 heterocycles. The average molecular weight is 196 g/mol. The number of hydrogen-bond acceptors (Lipinski definition) is 1. The summed E-state index contributed by atoms with van der Waals surface area (Å²) in [4.78, 5) is 0. The Morgan fingerprint density at radius 1 is 1.08 bits per heavy atom. The zero-order valence-electron chi connectivity index (χ0n) is 7.91. The third-order valence-electron chi connectivity index (χ3n) is 1.94. The Balaban J connectivity index is 2.86. The summed E-state index contributed by atoms with van der Waals surface area (Å²) in [6.07, 6.45) is 0. The van der Waals surface area contributed by atoms with Gasteiger partial charge >= 0.3 is 0 Å². The monoisotopic (exact) mass is 196 g/mol. The van der Waals surface area contributed by atoms with E-state index in [0.29, 0.717) is 5.04 Å². The fourth-order valence-corrected chi connectivity index (χ4v) is 3.24. The van der Waals surface area contributed by atoms with Crippen molar-refractivity contribution >= 4 is 25.2 Å². The molecule has 0 amide bonds. The first-order valence-electron chi connectivity index (χ1n) is 4.25. The molecule has 0 N–H and O–H groups in total. The smallest absolute Gasteiger partial charge is 0.133 e. The van der Waals surface area contributed by atoms with Gasteiger partial charge in [0.2, 0.25) is 0 Å². The maximum atomic E-state index is 4.74. The molecule has 1 aromatic rings. The molecule has 0 aliphatic carbocycles. The van der Waals surface area contributed by atoms with Crippen LogP contribution in [0.4, 0.5) is 0 Å². The largest absolute Gasteiger partial charge is 0.200 e. The molecule has 0 saturated carbocycles. The average Bonchev–Trinajstić information content (AvgIpc) is 2.03. The predicted octanol–water partition coefficient (Wildman–Crippen LogP) is 2.35. The fraction of sp³-hybridized carbons (Fsp3) is 0.400. The number of rotatable bonds is 1. The van der Waals surface area contributed by atoms with Crippen LogP contribution < -0.4 is 5.19 Å². The van der Waals surface area contributed by atoms with Crippen molar-refractivity contribution in [2.45, 2.75) is 25.8 Å². The molecule has 12 heavy (non-hydrogen) atoms. The first-order valence-corrected chi connectivity index (χ1v) is 7.47. The quantitative estimate of drug-likeness (QED) is 0.517. The second kappa shape index (κ2) is 3.67. The Morgan fingerprint density at radius 2 is 1.58 bits per heavy atom. The lowest BCUT2D eigenvalue weighted by atomic mass is 10.2. The lowest BCUT2D eigenvalue weighted by Gasteiger charge is -2.24. The van der Waals surface area contributed by atoms with Gasteiger partial charge in [-0.1, -0.05) is 56.3 Å². The second-order valence-electron chi connectivity index (χ2n) is 4.18. The maximum absolute atomic E-state index is 4.74. The van der Waals surface area contributed by atoms with E-state index in [1.807, 2.05) is 0 Å². The van der Waals surface area contributed by atoms with E-state index in [4.69, 9.17) is 12.1 Å². The van der Waals surface area contributed by atoms with Crippen molar-refractivity contribution < 1.29 is 0 Å². The molecule has 2 heteroatoms. The molecule has 1 unspecified atom stereocenters. The lowest BCUT2D eigenvalue weighted by molar-refractivity contribution is 0.756. The summed E-state index contributed by atoms with van der Waals surface area (Å²) in [5.74, 6) is 0. The molecule has 0 fully saturated rings. The van der Waals surface area contributed by atoms with E-state index in [2.05, 4.69) is 51.1 Å². The van der Waals surface area contributed by atoms with E-state index in [-0.39, 0.29) is 0 Å². The van der Waals surface area contributed by atoms with Crippen LogP contribution in [-0.2, 0) is 0 Å². The van der Waals surface area contributed by atoms with Gasteiger partial charge in [-0.25, -0.2) is 0 Å². The zero-order valence-corrected chi connectivity index (χ0v) is 9.96. The molecule has 66 valence electrons. The summed E-state index contributed by atoms with van der Waals surface area (Å²) < 4.78 is 0. The van der Waals surface area contributed by atoms with Crippen LogP contribution >= 0.6 is 12.1 Å². The van der Waals surface area contributed by atoms with Crippen LogP contribution in [-0.4, -0.2) is 7.95 Å². The van der Waals surface area contributed by atoms with E-state index in [1.165, 1.54) is 5.19 Å². The molecule has 0 spiro atoms. The van der Waals surface area contributed by atoms with Gasteiger partial charge in [-0.3, -0.25) is 0 Å². The fourth-order valence-electron chi connectivity index (χ4n) is 1.14. The minimum Gasteiger partial charge on any atom is -0.200 e. The van der Waals surface area contributed by atoms with E-state index in [0.717, 1.165) is 0 Å². The van der Waals surface area contributed by atoms with Crippen molar-refractivity contribution in [1.82, 2.24) is 0 Å². The third kappa shape index (κ3) is 2.39. The molecule has 0 bridgehead atoms. The van der Waals surface area contributed by atoms with Gasteiger partial charge in [-0.2, -0.15) is 12.1 Å². The second-order valence-corrected chi connectivity index (χ2v) is 8.93. The molecule has 0 nitrogen and oxygen atoms in total. The molecular formula is C10H16SSi. The molecule has 0 aromatic heterocycles. The molecule has 0 saturated heterocycles. The summed E-state index contributed by atoms with van der Waals surface area (Å²) in [7, 11) is -1.05. The summed E-state index contributed by atoms with van der Waals surface area (Å²) in [5, 5.41) is 1.80. The first kappa shape index (κ1) is 9.87. The van der Waals surface area contributed by atoms with E-state index >= 15 is 0 Å². The van der Waals surface area contributed by atoms with Gasteiger partial charge in [0.15, 0.2) is 0 Å². The number of benzene rings is 1. The molecule has 0 radical (unpaired) electrons. The van der Waals surface area contributed by atoms with Gasteiger partial charge < -0.3 is 0 Å². The van der Waals surface area contributed by atoms with Crippen LogP contribution in [0.15, 0.2) is 30.3 Å². The van der Waals surface area contributed by atoms with Crippen LogP contribution in [0, 0.1) is 0 Å². The van der Waals surface area contributed by atoms with Gasteiger partial charge in [-0.05, 0) is 5.04 Å². The Bertz CT molecular complexity index is 238. The normalized spacial score (nSPS) is 14.3. The molecule has 1 rings (SSSR count). The highest BCUT2D eigenvalue weighted by molar-refractivity contribution is 8.12. The van der Waals surface area contributed by atoms with Crippen molar-refractivity contribution in [1.29, 1.82) is 0 Å². The highest BCUT2D eigenvalue weighted by Crippen LogP contribution is 2.28. The van der Waals surface area contributed by atoms with Gasteiger partial charge in [0.25, 0.3) is 0 Å². The highest BCUT2D eigenvalue weighted by Gasteiger charge is 2.23. The Labute approximate surface area is 81.7 Å². The van der Waals surface area contributed by atoms with Crippen molar-refractivity contribution in [2.24, 2.45) is 0 Å². The lowest BCUT2D eigenvalue weighted by Crippen LogP contribution is -2.33. The van der Waals surface area contributed by atoms with Crippen molar-refractivity contribution in [2.75, 3.05) is 0 Å². The number of thiol groups is 1. The van der Waals surface area contributed by atoms with Gasteiger partial charge in [-0.15, -0.1) is 0 Å². The van der Waals surface area contributed by atoms with E-state index in [1.54, 1.807) is 0 Å². The minimum atomic E-state index is -1.05. The first-order chi connectivity index (χ1) is 5.52. The summed E-state index contributed by atoms with van der Waals surface area (Å²) >= 11 is 4.74. The molecule has 1 aromatic carbocycles. The molecule has 1 atom stereocenters. The number of hydrogen-bond donors (Lipinski definition) is 1. The van der Waals surface area contributed by atoms with Gasteiger partial charge in [0, 0.05) is 0 Å². The summed E-state index contributed by atoms with van der Waals surface area (Å²) in [5.41, 5.74) is 0. The van der Waals surface area contributed by atoms with Gasteiger partial charge in [0.05, 0.1) is 0 Å². The highest BCUT2D eigenvalue weighted by atomic mass is 32.3. The SMILES string of the molecule is CC(C)(C)[SiH](S)c1ccccc1. The Morgan fingerprint density at radius 3 is 2.00 bits per heavy atom. The van der Waals surface area contributed by atoms with Crippen molar-refractivity contribution in [3.8, 4) is 0 Å². The van der Waals surface area contributed by atoms with E-state index < -0.39 is 7.95 Å². The predicted molar refractivity (Wildman–Crippen MR) is 61.9 cm³/mol. The summed E-state index contributed by atoms with van der Waals surface area (Å²) in [6.45, 7) is 6.80. The molecule has 0 aliphatic heterocycles.